The van der Waals surface area contributed by atoms with Gasteiger partial charge < -0.3 is 14.3 Å². The molecule has 1 aromatic heterocycles. The molecule has 0 radical (unpaired) electrons. The summed E-state index contributed by atoms with van der Waals surface area (Å²) in [5, 5.41) is 1.04. The first-order chi connectivity index (χ1) is 8.52. The summed E-state index contributed by atoms with van der Waals surface area (Å²) in [6.07, 6.45) is 0.0927. The number of fused-ring (bicyclic) bond motifs is 1. The molecule has 1 unspecified atom stereocenters. The van der Waals surface area contributed by atoms with Crippen LogP contribution in [0.4, 0.5) is 0 Å². The molecule has 0 bridgehead atoms. The van der Waals surface area contributed by atoms with Crippen molar-refractivity contribution in [1.29, 1.82) is 0 Å². The zero-order chi connectivity index (χ0) is 13.3. The molecule has 0 aliphatic heterocycles. The number of imidazole rings is 1. The van der Waals surface area contributed by atoms with E-state index in [4.69, 9.17) is 40.2 Å². The van der Waals surface area contributed by atoms with Gasteiger partial charge in [0.1, 0.15) is 0 Å². The van der Waals surface area contributed by atoms with E-state index in [0.717, 1.165) is 11.0 Å². The van der Waals surface area contributed by atoms with E-state index in [-0.39, 0.29) is 6.10 Å². The number of aromatic nitrogens is 2. The summed E-state index contributed by atoms with van der Waals surface area (Å²) in [6, 6.07) is 3.61. The number of H-pyrrole nitrogens is 1. The van der Waals surface area contributed by atoms with Crippen molar-refractivity contribution < 1.29 is 4.74 Å². The summed E-state index contributed by atoms with van der Waals surface area (Å²) < 4.78 is 8.16. The third-order valence-electron chi connectivity index (χ3n) is 2.71. The molecule has 0 saturated carbocycles. The van der Waals surface area contributed by atoms with Crippen LogP contribution in [0.15, 0.2) is 12.1 Å². The highest BCUT2D eigenvalue weighted by atomic mass is 35.5. The lowest BCUT2D eigenvalue weighted by Gasteiger charge is -2.13. The highest BCUT2D eigenvalue weighted by Crippen LogP contribution is 2.27. The van der Waals surface area contributed by atoms with E-state index in [0.29, 0.717) is 28.0 Å². The lowest BCUT2D eigenvalue weighted by molar-refractivity contribution is 0.0645. The molecule has 1 N–H and O–H groups in total. The van der Waals surface area contributed by atoms with E-state index in [1.807, 2.05) is 24.5 Å². The number of nitrogens with zero attached hydrogens (tertiary/aromatic N) is 1. The van der Waals surface area contributed by atoms with E-state index in [1.54, 1.807) is 6.07 Å². The van der Waals surface area contributed by atoms with E-state index in [1.165, 1.54) is 0 Å². The van der Waals surface area contributed by atoms with Crippen molar-refractivity contribution >= 4 is 46.5 Å². The average molecular weight is 305 g/mol. The number of ether oxygens (including phenoxy) is 1. The third kappa shape index (κ3) is 2.72. The standard InChI is InChI=1S/C12H14Cl2N2OS/c1-3-17-7(2)6-16-11-5-9(14)8(13)4-10(11)15-12(16)18/h4-5,7H,3,6H2,1-2H3,(H,15,18). The second-order valence-electron chi connectivity index (χ2n) is 4.09. The number of hydrogen-bond donors (Lipinski definition) is 1. The van der Waals surface area contributed by atoms with Gasteiger partial charge >= 0.3 is 0 Å². The number of benzene rings is 1. The fourth-order valence-corrected chi connectivity index (χ4v) is 2.53. The molecule has 0 aliphatic carbocycles. The van der Waals surface area contributed by atoms with Gasteiger partial charge in [-0.25, -0.2) is 0 Å². The summed E-state index contributed by atoms with van der Waals surface area (Å²) >= 11 is 17.3. The van der Waals surface area contributed by atoms with Crippen LogP contribution in [-0.4, -0.2) is 22.3 Å². The van der Waals surface area contributed by atoms with E-state index in [9.17, 15) is 0 Å². The minimum atomic E-state index is 0.0927. The van der Waals surface area contributed by atoms with Crippen molar-refractivity contribution in [1.82, 2.24) is 9.55 Å². The van der Waals surface area contributed by atoms with E-state index in [2.05, 4.69) is 4.98 Å². The minimum absolute atomic E-state index is 0.0927. The zero-order valence-corrected chi connectivity index (χ0v) is 12.5. The molecule has 18 heavy (non-hydrogen) atoms. The first-order valence-corrected chi connectivity index (χ1v) is 6.88. The number of nitrogens with one attached hydrogen (secondary N) is 1. The molecule has 0 fully saturated rings. The van der Waals surface area contributed by atoms with Gasteiger partial charge in [0.25, 0.3) is 0 Å². The molecule has 2 rings (SSSR count). The molecule has 0 spiro atoms. The van der Waals surface area contributed by atoms with Gasteiger partial charge in [-0.15, -0.1) is 0 Å². The van der Waals surface area contributed by atoms with Crippen LogP contribution in [0.2, 0.25) is 10.0 Å². The Hall–Kier alpha value is -0.550. The molecule has 3 nitrogen and oxygen atoms in total. The van der Waals surface area contributed by atoms with E-state index < -0.39 is 0 Å². The molecular formula is C12H14Cl2N2OS. The molecule has 0 amide bonds. The van der Waals surface area contributed by atoms with Gasteiger partial charge in [0.2, 0.25) is 0 Å². The van der Waals surface area contributed by atoms with Crippen molar-refractivity contribution in [3.8, 4) is 0 Å². The first kappa shape index (κ1) is 13.9. The molecule has 2 aromatic rings. The normalized spacial score (nSPS) is 13.1. The topological polar surface area (TPSA) is 29.9 Å². The van der Waals surface area contributed by atoms with Crippen LogP contribution in [0.3, 0.4) is 0 Å². The van der Waals surface area contributed by atoms with Gasteiger partial charge in [-0.05, 0) is 38.2 Å². The largest absolute Gasteiger partial charge is 0.377 e. The second-order valence-corrected chi connectivity index (χ2v) is 5.29. The number of halogens is 2. The smallest absolute Gasteiger partial charge is 0.178 e. The molecule has 1 heterocycles. The Labute approximate surface area is 121 Å². The van der Waals surface area contributed by atoms with Gasteiger partial charge in [0.15, 0.2) is 4.77 Å². The summed E-state index contributed by atoms with van der Waals surface area (Å²) in [6.45, 7) is 5.36. The van der Waals surface area contributed by atoms with Crippen LogP contribution in [0, 0.1) is 4.77 Å². The lowest BCUT2D eigenvalue weighted by Crippen LogP contribution is -2.16. The molecule has 0 aliphatic rings. The summed E-state index contributed by atoms with van der Waals surface area (Å²) in [5.41, 5.74) is 1.83. The number of hydrogen-bond acceptors (Lipinski definition) is 2. The van der Waals surface area contributed by atoms with Crippen molar-refractivity contribution in [2.45, 2.75) is 26.5 Å². The predicted octanol–water partition coefficient (Wildman–Crippen LogP) is 4.43. The molecule has 6 heteroatoms. The molecule has 0 saturated heterocycles. The Morgan fingerprint density at radius 2 is 2.06 bits per heavy atom. The van der Waals surface area contributed by atoms with Crippen molar-refractivity contribution in [3.05, 3.63) is 26.9 Å². The van der Waals surface area contributed by atoms with Crippen molar-refractivity contribution in [3.63, 3.8) is 0 Å². The van der Waals surface area contributed by atoms with Crippen LogP contribution < -0.4 is 0 Å². The fraction of sp³-hybridized carbons (Fsp3) is 0.417. The fourth-order valence-electron chi connectivity index (χ4n) is 1.93. The summed E-state index contributed by atoms with van der Waals surface area (Å²) in [5.74, 6) is 0. The molecule has 1 aromatic carbocycles. The van der Waals surface area contributed by atoms with E-state index >= 15 is 0 Å². The lowest BCUT2D eigenvalue weighted by atomic mass is 10.3. The highest BCUT2D eigenvalue weighted by molar-refractivity contribution is 7.71. The van der Waals surface area contributed by atoms with Gasteiger partial charge in [-0.2, -0.15) is 0 Å². The highest BCUT2D eigenvalue weighted by Gasteiger charge is 2.10. The van der Waals surface area contributed by atoms with Crippen LogP contribution in [0.5, 0.6) is 0 Å². The van der Waals surface area contributed by atoms with Gasteiger partial charge in [-0.3, -0.25) is 0 Å². The maximum Gasteiger partial charge on any atom is 0.178 e. The Kier molecular flexibility index (Phi) is 4.33. The SMILES string of the molecule is CCOC(C)Cn1c(=S)[nH]c2cc(Cl)c(Cl)cc21. The molecule has 98 valence electrons. The monoisotopic (exact) mass is 304 g/mol. The zero-order valence-electron chi connectivity index (χ0n) is 10.2. The average Bonchev–Trinajstić information content (AvgIpc) is 2.57. The van der Waals surface area contributed by atoms with Crippen LogP contribution in [0.25, 0.3) is 11.0 Å². The molecule has 1 atom stereocenters. The van der Waals surface area contributed by atoms with Crippen molar-refractivity contribution in [2.75, 3.05) is 6.61 Å². The number of aromatic amines is 1. The second kappa shape index (κ2) is 5.61. The van der Waals surface area contributed by atoms with Gasteiger partial charge in [-0.1, -0.05) is 23.2 Å². The maximum absolute atomic E-state index is 6.04. The molecular weight excluding hydrogens is 291 g/mol. The Morgan fingerprint density at radius 1 is 1.39 bits per heavy atom. The number of rotatable bonds is 4. The summed E-state index contributed by atoms with van der Waals surface area (Å²) in [4.78, 5) is 3.12. The van der Waals surface area contributed by atoms with Crippen LogP contribution in [0.1, 0.15) is 13.8 Å². The maximum atomic E-state index is 6.04. The van der Waals surface area contributed by atoms with Crippen molar-refractivity contribution in [2.24, 2.45) is 0 Å². The first-order valence-electron chi connectivity index (χ1n) is 5.72. The summed E-state index contributed by atoms with van der Waals surface area (Å²) in [7, 11) is 0. The van der Waals surface area contributed by atoms with Gasteiger partial charge in [0, 0.05) is 6.61 Å². The Morgan fingerprint density at radius 3 is 2.72 bits per heavy atom. The Balaban J connectivity index is 2.47. The minimum Gasteiger partial charge on any atom is -0.377 e. The van der Waals surface area contributed by atoms with Crippen LogP contribution >= 0.6 is 35.4 Å². The predicted molar refractivity (Wildman–Crippen MR) is 78.2 cm³/mol. The quantitative estimate of drug-likeness (QED) is 0.847. The van der Waals surface area contributed by atoms with Crippen LogP contribution in [-0.2, 0) is 11.3 Å². The Bertz CT molecular complexity index is 620. The van der Waals surface area contributed by atoms with Gasteiger partial charge in [0.05, 0.1) is 33.7 Å². The third-order valence-corrected chi connectivity index (χ3v) is 3.75.